The van der Waals surface area contributed by atoms with Crippen LogP contribution in [0.2, 0.25) is 0 Å². The first-order valence-electron chi connectivity index (χ1n) is 10.1. The molecule has 0 aliphatic carbocycles. The van der Waals surface area contributed by atoms with Gasteiger partial charge in [-0.15, -0.1) is 0 Å². The Morgan fingerprint density at radius 2 is 1.79 bits per heavy atom. The average molecular weight is 441 g/mol. The summed E-state index contributed by atoms with van der Waals surface area (Å²) in [5.74, 6) is 1.58. The van der Waals surface area contributed by atoms with Crippen LogP contribution < -0.4 is 15.0 Å². The van der Waals surface area contributed by atoms with Gasteiger partial charge in [-0.1, -0.05) is 18.2 Å². The molecule has 5 rings (SSSR count). The molecule has 0 spiro atoms. The predicted octanol–water partition coefficient (Wildman–Crippen LogP) is 4.41. The zero-order chi connectivity index (χ0) is 22.9. The molecule has 8 heteroatoms. The number of ether oxygens (including phenoxy) is 2. The zero-order valence-corrected chi connectivity index (χ0v) is 17.9. The van der Waals surface area contributed by atoms with Crippen molar-refractivity contribution < 1.29 is 19.0 Å². The van der Waals surface area contributed by atoms with Gasteiger partial charge in [-0.2, -0.15) is 9.78 Å². The lowest BCUT2D eigenvalue weighted by molar-refractivity contribution is 0.373. The molecule has 0 fully saturated rings. The van der Waals surface area contributed by atoms with Gasteiger partial charge in [-0.3, -0.25) is 4.79 Å². The van der Waals surface area contributed by atoms with Crippen LogP contribution in [-0.2, 0) is 0 Å². The summed E-state index contributed by atoms with van der Waals surface area (Å²) in [6, 6.07) is 19.1. The minimum Gasteiger partial charge on any atom is -0.504 e. The third-order valence-electron chi connectivity index (χ3n) is 5.24. The first-order chi connectivity index (χ1) is 16.1. The summed E-state index contributed by atoms with van der Waals surface area (Å²) in [5, 5.41) is 15.4. The Labute approximate surface area is 187 Å². The molecule has 33 heavy (non-hydrogen) atoms. The van der Waals surface area contributed by atoms with E-state index < -0.39 is 0 Å². The molecular formula is C25H19N3O5. The molecule has 2 heterocycles. The van der Waals surface area contributed by atoms with Gasteiger partial charge in [0.25, 0.3) is 5.56 Å². The Hall–Kier alpha value is -4.59. The number of hydrogen-bond donors (Lipinski definition) is 1. The number of benzene rings is 3. The van der Waals surface area contributed by atoms with Crippen LogP contribution in [0.15, 0.2) is 81.0 Å². The SMILES string of the molecule is COc1cc(C=Nn2c(-c3cc4c(OC)cccc4o3)nc3ccccc3c2=O)ccc1O. The largest absolute Gasteiger partial charge is 0.504 e. The van der Waals surface area contributed by atoms with Crippen molar-refractivity contribution in [2.24, 2.45) is 5.10 Å². The Morgan fingerprint density at radius 3 is 2.61 bits per heavy atom. The Balaban J connectivity index is 1.72. The Morgan fingerprint density at radius 1 is 0.970 bits per heavy atom. The summed E-state index contributed by atoms with van der Waals surface area (Å²) >= 11 is 0. The van der Waals surface area contributed by atoms with E-state index in [1.807, 2.05) is 24.3 Å². The zero-order valence-electron chi connectivity index (χ0n) is 17.9. The fourth-order valence-electron chi connectivity index (χ4n) is 3.61. The maximum Gasteiger partial charge on any atom is 0.282 e. The molecule has 3 aromatic carbocycles. The van der Waals surface area contributed by atoms with Crippen molar-refractivity contribution in [2.75, 3.05) is 14.2 Å². The molecular weight excluding hydrogens is 422 g/mol. The lowest BCUT2D eigenvalue weighted by Crippen LogP contribution is -2.20. The van der Waals surface area contributed by atoms with Gasteiger partial charge in [-0.05, 0) is 54.1 Å². The molecule has 1 N–H and O–H groups in total. The molecule has 0 unspecified atom stereocenters. The van der Waals surface area contributed by atoms with E-state index >= 15 is 0 Å². The number of phenols is 1. The van der Waals surface area contributed by atoms with E-state index in [1.54, 1.807) is 43.5 Å². The van der Waals surface area contributed by atoms with Crippen LogP contribution in [0.5, 0.6) is 17.2 Å². The van der Waals surface area contributed by atoms with Crippen molar-refractivity contribution in [3.05, 3.63) is 82.6 Å². The van der Waals surface area contributed by atoms with Gasteiger partial charge < -0.3 is 19.0 Å². The van der Waals surface area contributed by atoms with E-state index in [0.717, 1.165) is 5.39 Å². The third kappa shape index (κ3) is 3.57. The van der Waals surface area contributed by atoms with Gasteiger partial charge in [0.15, 0.2) is 17.3 Å². The van der Waals surface area contributed by atoms with Gasteiger partial charge in [-0.25, -0.2) is 4.98 Å². The van der Waals surface area contributed by atoms with E-state index in [2.05, 4.69) is 10.1 Å². The average Bonchev–Trinajstić information content (AvgIpc) is 3.28. The smallest absolute Gasteiger partial charge is 0.282 e. The predicted molar refractivity (Wildman–Crippen MR) is 125 cm³/mol. The molecule has 0 bridgehead atoms. The fraction of sp³-hybridized carbons (Fsp3) is 0.0800. The molecule has 0 aliphatic heterocycles. The molecule has 0 amide bonds. The van der Waals surface area contributed by atoms with E-state index in [9.17, 15) is 9.90 Å². The van der Waals surface area contributed by atoms with Crippen molar-refractivity contribution in [1.82, 2.24) is 9.66 Å². The van der Waals surface area contributed by atoms with E-state index in [0.29, 0.717) is 39.3 Å². The number of hydrogen-bond acceptors (Lipinski definition) is 7. The molecule has 0 saturated carbocycles. The Kier molecular flexibility index (Phi) is 5.02. The van der Waals surface area contributed by atoms with Crippen LogP contribution in [0.3, 0.4) is 0 Å². The number of phenolic OH excluding ortho intramolecular Hbond substituents is 1. The lowest BCUT2D eigenvalue weighted by atomic mass is 10.2. The van der Waals surface area contributed by atoms with Crippen molar-refractivity contribution in [3.8, 4) is 28.8 Å². The normalized spacial score (nSPS) is 11.5. The first kappa shape index (κ1) is 20.3. The van der Waals surface area contributed by atoms with Crippen LogP contribution in [0, 0.1) is 0 Å². The summed E-state index contributed by atoms with van der Waals surface area (Å²) in [6.45, 7) is 0. The topological polar surface area (TPSA) is 99.1 Å². The van der Waals surface area contributed by atoms with Gasteiger partial charge in [0.1, 0.15) is 11.3 Å². The maximum absolute atomic E-state index is 13.3. The second-order valence-corrected chi connectivity index (χ2v) is 7.23. The summed E-state index contributed by atoms with van der Waals surface area (Å²) < 4.78 is 17.8. The lowest BCUT2D eigenvalue weighted by Gasteiger charge is -2.07. The highest BCUT2D eigenvalue weighted by Gasteiger charge is 2.17. The maximum atomic E-state index is 13.3. The Bertz CT molecular complexity index is 1580. The summed E-state index contributed by atoms with van der Waals surface area (Å²) in [4.78, 5) is 18.0. The van der Waals surface area contributed by atoms with Gasteiger partial charge in [0, 0.05) is 0 Å². The molecule has 0 atom stereocenters. The number of methoxy groups -OCH3 is 2. The highest BCUT2D eigenvalue weighted by Crippen LogP contribution is 2.33. The second-order valence-electron chi connectivity index (χ2n) is 7.23. The number of para-hydroxylation sites is 1. The number of nitrogens with zero attached hydrogens (tertiary/aromatic N) is 3. The van der Waals surface area contributed by atoms with E-state index in [-0.39, 0.29) is 17.1 Å². The van der Waals surface area contributed by atoms with Crippen molar-refractivity contribution >= 4 is 28.1 Å². The first-order valence-corrected chi connectivity index (χ1v) is 10.1. The van der Waals surface area contributed by atoms with E-state index in [4.69, 9.17) is 13.9 Å². The van der Waals surface area contributed by atoms with Gasteiger partial charge in [0.05, 0.1) is 36.7 Å². The van der Waals surface area contributed by atoms with Crippen LogP contribution in [0.4, 0.5) is 0 Å². The second kappa shape index (κ2) is 8.16. The van der Waals surface area contributed by atoms with Crippen LogP contribution in [-0.4, -0.2) is 35.2 Å². The number of rotatable bonds is 5. The number of aromatic hydroxyl groups is 1. The standard InChI is InChI=1S/C25H19N3O5/c1-31-20-8-5-9-21-17(20)13-23(33-21)24-27-18-7-4-3-6-16(18)25(30)28(24)26-14-15-10-11-19(29)22(12-15)32-2/h3-14,29H,1-2H3. The molecule has 0 saturated heterocycles. The molecule has 0 aliphatic rings. The van der Waals surface area contributed by atoms with Crippen LogP contribution >= 0.6 is 0 Å². The quantitative estimate of drug-likeness (QED) is 0.406. The third-order valence-corrected chi connectivity index (χ3v) is 5.24. The van der Waals surface area contributed by atoms with Crippen LogP contribution in [0.1, 0.15) is 5.56 Å². The van der Waals surface area contributed by atoms with Gasteiger partial charge >= 0.3 is 0 Å². The minimum absolute atomic E-state index is 0.0103. The highest BCUT2D eigenvalue weighted by molar-refractivity contribution is 5.88. The van der Waals surface area contributed by atoms with Crippen molar-refractivity contribution in [2.45, 2.75) is 0 Å². The molecule has 0 radical (unpaired) electrons. The molecule has 2 aromatic heterocycles. The molecule has 5 aromatic rings. The number of furan rings is 1. The van der Waals surface area contributed by atoms with Crippen LogP contribution in [0.25, 0.3) is 33.5 Å². The summed E-state index contributed by atoms with van der Waals surface area (Å²) in [5.41, 5.74) is 1.42. The van der Waals surface area contributed by atoms with Gasteiger partial charge in [0.2, 0.25) is 5.82 Å². The van der Waals surface area contributed by atoms with Crippen molar-refractivity contribution in [3.63, 3.8) is 0 Å². The summed E-state index contributed by atoms with van der Waals surface area (Å²) in [6.07, 6.45) is 1.49. The van der Waals surface area contributed by atoms with Crippen molar-refractivity contribution in [1.29, 1.82) is 0 Å². The minimum atomic E-state index is -0.343. The fourth-order valence-corrected chi connectivity index (χ4v) is 3.61. The van der Waals surface area contributed by atoms with E-state index in [1.165, 1.54) is 24.1 Å². The highest BCUT2D eigenvalue weighted by atomic mass is 16.5. The summed E-state index contributed by atoms with van der Waals surface area (Å²) in [7, 11) is 3.05. The molecule has 8 nitrogen and oxygen atoms in total. The monoisotopic (exact) mass is 441 g/mol. The number of fused-ring (bicyclic) bond motifs is 2. The molecule has 164 valence electrons. The number of aromatic nitrogens is 2.